The normalized spacial score (nSPS) is 12.7. The van der Waals surface area contributed by atoms with Gasteiger partial charge in [-0.25, -0.2) is 4.70 Å². The van der Waals surface area contributed by atoms with E-state index in [4.69, 9.17) is 0 Å². The summed E-state index contributed by atoms with van der Waals surface area (Å²) < 4.78 is 1.57. The molecule has 3 rings (SSSR count). The van der Waals surface area contributed by atoms with Crippen LogP contribution in [0, 0.1) is 14.9 Å². The second-order valence-electron chi connectivity index (χ2n) is 11.5. The van der Waals surface area contributed by atoms with Crippen LogP contribution in [0.2, 0.25) is 0 Å². The third-order valence-corrected chi connectivity index (χ3v) is 8.21. The van der Waals surface area contributed by atoms with Crippen LogP contribution in [-0.4, -0.2) is 4.70 Å². The molecule has 0 fully saturated rings. The maximum absolute atomic E-state index is 11.9. The van der Waals surface area contributed by atoms with Gasteiger partial charge in [-0.15, -0.1) is 0 Å². The maximum atomic E-state index is 11.9. The van der Waals surface area contributed by atoms with Crippen LogP contribution < -0.4 is 0 Å². The van der Waals surface area contributed by atoms with Gasteiger partial charge in [-0.05, 0) is 86.8 Å². The molecule has 0 bridgehead atoms. The van der Waals surface area contributed by atoms with E-state index in [2.05, 4.69) is 76.2 Å². The standard InChI is InChI=1S/C37H54N2.2CH3.Ni/c1-5-9-13-16-20-30-22-18-24-32(28-30)36-34(26-12-8-4)35(27-15-11-7-3)37(39(36)38)33-25-19-23-31(29-33)21-17-14-10-6-2;;;/h18-19,22-25,28-29H,5-17,20-21,26-27H2,1-4H3;2*1H3;/q;2*-1;+2. The quantitative estimate of drug-likeness (QED) is 0.0650. The average Bonchev–Trinajstić information content (AvgIpc) is 3.23. The van der Waals surface area contributed by atoms with Gasteiger partial charge in [0, 0.05) is 22.3 Å². The molecule has 0 spiro atoms. The molecule has 2 aromatic carbocycles. The van der Waals surface area contributed by atoms with E-state index in [9.17, 15) is 5.53 Å². The van der Waals surface area contributed by atoms with Gasteiger partial charge in [-0.2, -0.15) is 0 Å². The molecule has 1 aliphatic rings. The van der Waals surface area contributed by atoms with E-state index in [0.29, 0.717) is 0 Å². The van der Waals surface area contributed by atoms with Crippen molar-refractivity contribution in [2.75, 3.05) is 0 Å². The Morgan fingerprint density at radius 3 is 1.31 bits per heavy atom. The Morgan fingerprint density at radius 1 is 0.500 bits per heavy atom. The first kappa shape index (κ1) is 40.0. The molecule has 0 atom stereocenters. The minimum Gasteiger partial charge on any atom is -0.493 e. The first-order chi connectivity index (χ1) is 19.1. The van der Waals surface area contributed by atoms with Gasteiger partial charge < -0.3 is 20.4 Å². The van der Waals surface area contributed by atoms with E-state index in [1.54, 1.807) is 4.70 Å². The van der Waals surface area contributed by atoms with Gasteiger partial charge in [0.1, 0.15) is 0 Å². The van der Waals surface area contributed by atoms with Crippen molar-refractivity contribution >= 4 is 11.4 Å². The van der Waals surface area contributed by atoms with E-state index < -0.39 is 0 Å². The van der Waals surface area contributed by atoms with E-state index in [0.717, 1.165) is 61.0 Å². The molecule has 1 aliphatic heterocycles. The van der Waals surface area contributed by atoms with Crippen LogP contribution in [0.15, 0.2) is 59.7 Å². The topological polar surface area (TPSA) is 25.3 Å². The SMILES string of the molecule is CCCCCCc1cccc(C2=C(CCCC)C(CCCCC)=C(c3cccc(CCCCCC)c3)[N+]2=[N-])c1.[CH3-].[CH3-].[Ni+2]. The summed E-state index contributed by atoms with van der Waals surface area (Å²) >= 11 is 0. The summed E-state index contributed by atoms with van der Waals surface area (Å²) in [6.45, 7) is 9.08. The molecule has 0 aromatic heterocycles. The van der Waals surface area contributed by atoms with Crippen molar-refractivity contribution in [2.45, 2.75) is 137 Å². The van der Waals surface area contributed by atoms with Crippen molar-refractivity contribution in [3.63, 3.8) is 0 Å². The van der Waals surface area contributed by atoms with Crippen LogP contribution in [0.3, 0.4) is 0 Å². The van der Waals surface area contributed by atoms with Gasteiger partial charge in [0.2, 0.25) is 11.4 Å². The van der Waals surface area contributed by atoms with Crippen LogP contribution in [0.5, 0.6) is 0 Å². The summed E-state index contributed by atoms with van der Waals surface area (Å²) in [5.74, 6) is 0. The Hall–Kier alpha value is -1.99. The number of benzene rings is 2. The van der Waals surface area contributed by atoms with Gasteiger partial charge in [0.05, 0.1) is 0 Å². The molecule has 0 N–H and O–H groups in total. The second-order valence-corrected chi connectivity index (χ2v) is 11.5. The molecule has 2 nitrogen and oxygen atoms in total. The molecule has 236 valence electrons. The van der Waals surface area contributed by atoms with Crippen molar-refractivity contribution < 1.29 is 21.2 Å². The third-order valence-electron chi connectivity index (χ3n) is 8.21. The third kappa shape index (κ3) is 11.6. The summed E-state index contributed by atoms with van der Waals surface area (Å²) in [5, 5.41) is 0. The Kier molecular flexibility index (Phi) is 21.5. The molecule has 0 aliphatic carbocycles. The molecule has 42 heavy (non-hydrogen) atoms. The number of nitrogens with zero attached hydrogens (tertiary/aromatic N) is 2. The van der Waals surface area contributed by atoms with Gasteiger partial charge in [0.25, 0.3) is 0 Å². The molecule has 1 heterocycles. The van der Waals surface area contributed by atoms with Crippen LogP contribution in [0.4, 0.5) is 0 Å². The molecule has 2 aromatic rings. The largest absolute Gasteiger partial charge is 2.00 e. The predicted octanol–water partition coefficient (Wildman–Crippen LogP) is 12.8. The number of unbranched alkanes of at least 4 members (excludes halogenated alkanes) is 9. The van der Waals surface area contributed by atoms with Crippen LogP contribution in [-0.2, 0) is 29.3 Å². The minimum atomic E-state index is 0. The van der Waals surface area contributed by atoms with E-state index >= 15 is 0 Å². The van der Waals surface area contributed by atoms with E-state index in [1.165, 1.54) is 92.9 Å². The van der Waals surface area contributed by atoms with Crippen molar-refractivity contribution in [3.05, 3.63) is 102 Å². The zero-order valence-corrected chi connectivity index (χ0v) is 28.8. The zero-order valence-electron chi connectivity index (χ0n) is 27.9. The van der Waals surface area contributed by atoms with E-state index in [-0.39, 0.29) is 31.3 Å². The molecule has 0 saturated heterocycles. The molecular weight excluding hydrogens is 555 g/mol. The van der Waals surface area contributed by atoms with Crippen LogP contribution in [0.1, 0.15) is 146 Å². The summed E-state index contributed by atoms with van der Waals surface area (Å²) in [6, 6.07) is 18.0. The first-order valence-corrected chi connectivity index (χ1v) is 16.3. The fraction of sp³-hybridized carbons (Fsp3) is 0.538. The fourth-order valence-corrected chi connectivity index (χ4v) is 5.95. The Morgan fingerprint density at radius 2 is 0.881 bits per heavy atom. The van der Waals surface area contributed by atoms with Gasteiger partial charge in [-0.1, -0.05) is 110 Å². The monoisotopic (exact) mass is 614 g/mol. The number of rotatable bonds is 19. The first-order valence-electron chi connectivity index (χ1n) is 16.3. The van der Waals surface area contributed by atoms with Crippen molar-refractivity contribution in [3.8, 4) is 0 Å². The Labute approximate surface area is 270 Å². The number of aryl methyl sites for hydroxylation is 2. The van der Waals surface area contributed by atoms with Gasteiger partial charge >= 0.3 is 16.5 Å². The van der Waals surface area contributed by atoms with Crippen molar-refractivity contribution in [1.29, 1.82) is 0 Å². The van der Waals surface area contributed by atoms with Crippen LogP contribution >= 0.6 is 0 Å². The molecule has 0 saturated carbocycles. The molecule has 0 radical (unpaired) electrons. The van der Waals surface area contributed by atoms with Gasteiger partial charge in [-0.3, -0.25) is 0 Å². The molecule has 0 amide bonds. The number of hydrogen-bond donors (Lipinski definition) is 0. The summed E-state index contributed by atoms with van der Waals surface area (Å²) in [4.78, 5) is 0. The van der Waals surface area contributed by atoms with Crippen molar-refractivity contribution in [2.24, 2.45) is 0 Å². The smallest absolute Gasteiger partial charge is 0.493 e. The van der Waals surface area contributed by atoms with Crippen molar-refractivity contribution in [1.82, 2.24) is 0 Å². The molecule has 0 unspecified atom stereocenters. The number of hydrogen-bond acceptors (Lipinski definition) is 0. The van der Waals surface area contributed by atoms with E-state index in [1.807, 2.05) is 0 Å². The summed E-state index contributed by atoms with van der Waals surface area (Å²) in [5.41, 5.74) is 21.8. The van der Waals surface area contributed by atoms with Crippen LogP contribution in [0.25, 0.3) is 16.9 Å². The Balaban J connectivity index is 0.00000560. The predicted molar refractivity (Wildman–Crippen MR) is 183 cm³/mol. The maximum Gasteiger partial charge on any atom is 2.00 e. The second kappa shape index (κ2) is 22.5. The average molecular weight is 616 g/mol. The minimum absolute atomic E-state index is 0. The van der Waals surface area contributed by atoms with Gasteiger partial charge in [0.15, 0.2) is 0 Å². The zero-order chi connectivity index (χ0) is 27.9. The molecule has 3 heteroatoms. The summed E-state index contributed by atoms with van der Waals surface area (Å²) in [6.07, 6.45) is 20.4. The fourth-order valence-electron chi connectivity index (χ4n) is 5.95. The Bertz CT molecular complexity index is 1110. The molecular formula is C39H60N2Ni. The summed E-state index contributed by atoms with van der Waals surface area (Å²) in [7, 11) is 0. The number of allylic oxidation sites excluding steroid dienone is 2.